The van der Waals surface area contributed by atoms with E-state index in [0.717, 1.165) is 49.7 Å². The van der Waals surface area contributed by atoms with E-state index in [2.05, 4.69) is 41.0 Å². The summed E-state index contributed by atoms with van der Waals surface area (Å²) in [6.07, 6.45) is 0. The molecule has 2 amide bonds. The molecule has 1 fully saturated rings. The van der Waals surface area contributed by atoms with E-state index in [-0.39, 0.29) is 18.4 Å². The van der Waals surface area contributed by atoms with Gasteiger partial charge in [0, 0.05) is 32.7 Å². The topological polar surface area (TPSA) is 53.1 Å². The van der Waals surface area contributed by atoms with E-state index in [1.54, 1.807) is 13.2 Å². The third kappa shape index (κ3) is 4.29. The number of imide groups is 1. The van der Waals surface area contributed by atoms with Gasteiger partial charge in [0.2, 0.25) is 0 Å². The summed E-state index contributed by atoms with van der Waals surface area (Å²) in [6, 6.07) is 21.8. The molecule has 34 heavy (non-hydrogen) atoms. The molecule has 3 aromatic carbocycles. The molecule has 5 rings (SSSR count). The van der Waals surface area contributed by atoms with Crippen LogP contribution in [-0.2, 0) is 13.1 Å². The highest BCUT2D eigenvalue weighted by molar-refractivity contribution is 6.23. The number of hydrogen-bond acceptors (Lipinski definition) is 5. The molecule has 0 radical (unpaired) electrons. The fraction of sp³-hybridized carbons (Fsp3) is 0.286. The molecule has 0 N–H and O–H groups in total. The fourth-order valence-corrected chi connectivity index (χ4v) is 4.73. The third-order valence-corrected chi connectivity index (χ3v) is 6.72. The lowest BCUT2D eigenvalue weighted by Crippen LogP contribution is -2.46. The zero-order chi connectivity index (χ0) is 23.7. The largest absolute Gasteiger partial charge is 0.497 e. The summed E-state index contributed by atoms with van der Waals surface area (Å²) in [5.74, 6) is 0.305. The van der Waals surface area contributed by atoms with E-state index in [4.69, 9.17) is 4.74 Å². The molecular weight excluding hydrogens is 426 g/mol. The number of carbonyl (C=O) groups is 2. The van der Waals surface area contributed by atoms with E-state index in [1.807, 2.05) is 36.4 Å². The summed E-state index contributed by atoms with van der Waals surface area (Å²) in [5.41, 5.74) is 5.37. The molecule has 174 valence electrons. The van der Waals surface area contributed by atoms with Crippen LogP contribution in [0.5, 0.6) is 5.75 Å². The number of hydrogen-bond donors (Lipinski definition) is 0. The van der Waals surface area contributed by atoms with Crippen molar-refractivity contribution in [2.45, 2.75) is 20.0 Å². The van der Waals surface area contributed by atoms with Gasteiger partial charge in [-0.2, -0.15) is 0 Å². The predicted octanol–water partition coefficient (Wildman–Crippen LogP) is 4.12. The quantitative estimate of drug-likeness (QED) is 0.524. The average molecular weight is 456 g/mol. The van der Waals surface area contributed by atoms with Crippen LogP contribution in [-0.4, -0.2) is 54.9 Å². The second-order valence-corrected chi connectivity index (χ2v) is 8.99. The number of nitrogens with zero attached hydrogens (tertiary/aromatic N) is 3. The molecule has 1 saturated heterocycles. The second-order valence-electron chi connectivity index (χ2n) is 8.99. The molecule has 0 atom stereocenters. The van der Waals surface area contributed by atoms with Crippen LogP contribution in [0.4, 0.5) is 5.69 Å². The lowest BCUT2D eigenvalue weighted by Gasteiger charge is -2.36. The number of methoxy groups -OCH3 is 1. The first-order valence-corrected chi connectivity index (χ1v) is 11.7. The van der Waals surface area contributed by atoms with Crippen LogP contribution in [0.1, 0.15) is 37.4 Å². The SMILES string of the molecule is COc1ccc(CN2C(=O)c3cccc(N4CCN(Cc5ccc(C)cc5)CC4)c3C2=O)cc1. The second kappa shape index (κ2) is 9.31. The van der Waals surface area contributed by atoms with Gasteiger partial charge < -0.3 is 9.64 Å². The van der Waals surface area contributed by atoms with Gasteiger partial charge in [-0.1, -0.05) is 48.0 Å². The highest BCUT2D eigenvalue weighted by atomic mass is 16.5. The molecule has 0 unspecified atom stereocenters. The number of aryl methyl sites for hydroxylation is 1. The van der Waals surface area contributed by atoms with Crippen LogP contribution in [0.3, 0.4) is 0 Å². The molecular formula is C28H29N3O3. The highest BCUT2D eigenvalue weighted by Gasteiger charge is 2.38. The molecule has 3 aromatic rings. The summed E-state index contributed by atoms with van der Waals surface area (Å²) in [4.78, 5) is 32.5. The van der Waals surface area contributed by atoms with Crippen LogP contribution in [0.15, 0.2) is 66.7 Å². The summed E-state index contributed by atoms with van der Waals surface area (Å²) in [6.45, 7) is 6.74. The Morgan fingerprint density at radius 2 is 1.41 bits per heavy atom. The Balaban J connectivity index is 1.29. The molecule has 6 nitrogen and oxygen atoms in total. The molecule has 2 aliphatic heterocycles. The van der Waals surface area contributed by atoms with Crippen molar-refractivity contribution in [2.75, 3.05) is 38.2 Å². The zero-order valence-electron chi connectivity index (χ0n) is 19.7. The standard InChI is InChI=1S/C28H29N3O3/c1-20-6-8-21(9-7-20)18-29-14-16-30(17-15-29)25-5-3-4-24-26(25)28(33)31(27(24)32)19-22-10-12-23(34-2)13-11-22/h3-13H,14-19H2,1-2H3. The van der Waals surface area contributed by atoms with Gasteiger partial charge in [0.1, 0.15) is 5.75 Å². The maximum Gasteiger partial charge on any atom is 0.263 e. The van der Waals surface area contributed by atoms with Crippen molar-refractivity contribution >= 4 is 17.5 Å². The molecule has 6 heteroatoms. The lowest BCUT2D eigenvalue weighted by atomic mass is 10.1. The van der Waals surface area contributed by atoms with Gasteiger partial charge in [0.15, 0.2) is 0 Å². The van der Waals surface area contributed by atoms with Gasteiger partial charge in [-0.25, -0.2) is 0 Å². The predicted molar refractivity (Wildman–Crippen MR) is 132 cm³/mol. The number of piperazine rings is 1. The van der Waals surface area contributed by atoms with Gasteiger partial charge in [0.25, 0.3) is 11.8 Å². The van der Waals surface area contributed by atoms with Gasteiger partial charge >= 0.3 is 0 Å². The van der Waals surface area contributed by atoms with Crippen molar-refractivity contribution in [2.24, 2.45) is 0 Å². The van der Waals surface area contributed by atoms with Gasteiger partial charge in [-0.3, -0.25) is 19.4 Å². The average Bonchev–Trinajstić information content (AvgIpc) is 3.11. The smallest absolute Gasteiger partial charge is 0.263 e. The first-order chi connectivity index (χ1) is 16.5. The van der Waals surface area contributed by atoms with Gasteiger partial charge in [-0.05, 0) is 42.3 Å². The van der Waals surface area contributed by atoms with E-state index < -0.39 is 0 Å². The van der Waals surface area contributed by atoms with E-state index >= 15 is 0 Å². The third-order valence-electron chi connectivity index (χ3n) is 6.72. The number of ether oxygens (including phenoxy) is 1. The molecule has 2 aliphatic rings. The number of anilines is 1. The van der Waals surface area contributed by atoms with Crippen molar-refractivity contribution < 1.29 is 14.3 Å². The Hall–Kier alpha value is -3.64. The van der Waals surface area contributed by atoms with Crippen LogP contribution in [0.2, 0.25) is 0 Å². The van der Waals surface area contributed by atoms with Crippen molar-refractivity contribution in [3.05, 3.63) is 94.5 Å². The first-order valence-electron chi connectivity index (χ1n) is 11.7. The monoisotopic (exact) mass is 455 g/mol. The number of amides is 2. The van der Waals surface area contributed by atoms with E-state index in [0.29, 0.717) is 11.1 Å². The van der Waals surface area contributed by atoms with Crippen LogP contribution in [0, 0.1) is 6.92 Å². The maximum absolute atomic E-state index is 13.4. The normalized spacial score (nSPS) is 16.2. The summed E-state index contributed by atoms with van der Waals surface area (Å²) < 4.78 is 5.20. The highest BCUT2D eigenvalue weighted by Crippen LogP contribution is 2.33. The Kier molecular flexibility index (Phi) is 6.07. The minimum atomic E-state index is -0.226. The van der Waals surface area contributed by atoms with Gasteiger partial charge in [-0.15, -0.1) is 0 Å². The minimum Gasteiger partial charge on any atom is -0.497 e. The Bertz CT molecular complexity index is 1200. The number of rotatable bonds is 6. The van der Waals surface area contributed by atoms with Crippen LogP contribution >= 0.6 is 0 Å². The zero-order valence-corrected chi connectivity index (χ0v) is 19.7. The van der Waals surface area contributed by atoms with Gasteiger partial charge in [0.05, 0.1) is 30.5 Å². The molecule has 0 aromatic heterocycles. The summed E-state index contributed by atoms with van der Waals surface area (Å²) in [7, 11) is 1.61. The molecule has 0 aliphatic carbocycles. The van der Waals surface area contributed by atoms with Crippen LogP contribution < -0.4 is 9.64 Å². The lowest BCUT2D eigenvalue weighted by molar-refractivity contribution is 0.0642. The molecule has 2 heterocycles. The molecule has 0 spiro atoms. The number of benzene rings is 3. The van der Waals surface area contributed by atoms with Crippen molar-refractivity contribution in [1.29, 1.82) is 0 Å². The van der Waals surface area contributed by atoms with E-state index in [1.165, 1.54) is 16.0 Å². The first kappa shape index (κ1) is 22.2. The Labute approximate surface area is 200 Å². The Morgan fingerprint density at radius 3 is 2.09 bits per heavy atom. The molecule has 0 saturated carbocycles. The minimum absolute atomic E-state index is 0.214. The van der Waals surface area contributed by atoms with Crippen LogP contribution in [0.25, 0.3) is 0 Å². The van der Waals surface area contributed by atoms with Crippen molar-refractivity contribution in [3.63, 3.8) is 0 Å². The molecule has 0 bridgehead atoms. The maximum atomic E-state index is 13.4. The van der Waals surface area contributed by atoms with Crippen molar-refractivity contribution in [3.8, 4) is 5.75 Å². The fourth-order valence-electron chi connectivity index (χ4n) is 4.73. The summed E-state index contributed by atoms with van der Waals surface area (Å²) in [5, 5.41) is 0. The van der Waals surface area contributed by atoms with Crippen molar-refractivity contribution in [1.82, 2.24) is 9.80 Å². The van der Waals surface area contributed by atoms with E-state index in [9.17, 15) is 9.59 Å². The number of carbonyl (C=O) groups excluding carboxylic acids is 2. The summed E-state index contributed by atoms with van der Waals surface area (Å²) >= 11 is 0. The Morgan fingerprint density at radius 1 is 0.765 bits per heavy atom. The number of fused-ring (bicyclic) bond motifs is 1.